The second-order valence-corrected chi connectivity index (χ2v) is 5.79. The van der Waals surface area contributed by atoms with Crippen LogP contribution in [0.4, 0.5) is 0 Å². The zero-order chi connectivity index (χ0) is 14.4. The van der Waals surface area contributed by atoms with Crippen molar-refractivity contribution in [3.05, 3.63) is 0 Å². The SMILES string of the molecule is CCCN(C(=O)C(C)OCC1CCCO1)C1CCNC1. The number of amides is 1. The molecule has 0 radical (unpaired) electrons. The van der Waals surface area contributed by atoms with Gasteiger partial charge >= 0.3 is 0 Å². The van der Waals surface area contributed by atoms with Gasteiger partial charge in [-0.3, -0.25) is 4.79 Å². The van der Waals surface area contributed by atoms with Crippen LogP contribution in [-0.2, 0) is 14.3 Å². The van der Waals surface area contributed by atoms with Crippen LogP contribution in [0.1, 0.15) is 39.5 Å². The number of nitrogens with one attached hydrogen (secondary N) is 1. The first-order valence-corrected chi connectivity index (χ1v) is 7.96. The molecule has 2 heterocycles. The fourth-order valence-corrected chi connectivity index (χ4v) is 2.95. The van der Waals surface area contributed by atoms with Crippen molar-refractivity contribution in [2.24, 2.45) is 0 Å². The zero-order valence-corrected chi connectivity index (χ0v) is 12.8. The van der Waals surface area contributed by atoms with Gasteiger partial charge in [-0.15, -0.1) is 0 Å². The Hall–Kier alpha value is -0.650. The minimum Gasteiger partial charge on any atom is -0.376 e. The highest BCUT2D eigenvalue weighted by atomic mass is 16.5. The first-order chi connectivity index (χ1) is 9.72. The summed E-state index contributed by atoms with van der Waals surface area (Å²) in [6, 6.07) is 0.330. The summed E-state index contributed by atoms with van der Waals surface area (Å²) < 4.78 is 11.3. The number of nitrogens with zero attached hydrogens (tertiary/aromatic N) is 1. The molecule has 2 aliphatic heterocycles. The molecule has 5 nitrogen and oxygen atoms in total. The van der Waals surface area contributed by atoms with Crippen molar-refractivity contribution in [1.82, 2.24) is 10.2 Å². The molecule has 1 amide bonds. The Bertz CT molecular complexity index is 299. The van der Waals surface area contributed by atoms with Crippen LogP contribution in [0, 0.1) is 0 Å². The van der Waals surface area contributed by atoms with Gasteiger partial charge in [0, 0.05) is 25.7 Å². The van der Waals surface area contributed by atoms with Gasteiger partial charge < -0.3 is 19.7 Å². The standard InChI is InChI=1S/C15H28N2O3/c1-3-8-17(13-6-7-16-10-13)15(18)12(2)20-11-14-5-4-9-19-14/h12-14,16H,3-11H2,1-2H3. The monoisotopic (exact) mass is 284 g/mol. The summed E-state index contributed by atoms with van der Waals surface area (Å²) in [5.74, 6) is 0.124. The Labute approximate surface area is 122 Å². The van der Waals surface area contributed by atoms with E-state index in [0.717, 1.165) is 51.9 Å². The van der Waals surface area contributed by atoms with Crippen molar-refractivity contribution in [3.8, 4) is 0 Å². The smallest absolute Gasteiger partial charge is 0.251 e. The quantitative estimate of drug-likeness (QED) is 0.762. The van der Waals surface area contributed by atoms with Crippen LogP contribution in [0.2, 0.25) is 0 Å². The molecule has 0 saturated carbocycles. The first-order valence-electron chi connectivity index (χ1n) is 7.96. The molecule has 3 unspecified atom stereocenters. The molecule has 2 aliphatic rings. The lowest BCUT2D eigenvalue weighted by atomic mass is 10.2. The molecule has 2 rings (SSSR count). The molecule has 0 aromatic heterocycles. The first kappa shape index (κ1) is 15.7. The molecule has 0 aromatic carbocycles. The van der Waals surface area contributed by atoms with Gasteiger partial charge in [-0.1, -0.05) is 6.92 Å². The largest absolute Gasteiger partial charge is 0.376 e. The van der Waals surface area contributed by atoms with Crippen LogP contribution in [0.5, 0.6) is 0 Å². The molecule has 0 bridgehead atoms. The lowest BCUT2D eigenvalue weighted by Gasteiger charge is -2.31. The molecule has 20 heavy (non-hydrogen) atoms. The third-order valence-corrected chi connectivity index (χ3v) is 4.13. The maximum absolute atomic E-state index is 12.6. The summed E-state index contributed by atoms with van der Waals surface area (Å²) in [6.07, 6.45) is 3.99. The van der Waals surface area contributed by atoms with E-state index in [-0.39, 0.29) is 18.1 Å². The third-order valence-electron chi connectivity index (χ3n) is 4.13. The van der Waals surface area contributed by atoms with Crippen molar-refractivity contribution in [2.75, 3.05) is 32.8 Å². The van der Waals surface area contributed by atoms with E-state index in [1.54, 1.807) is 0 Å². The molecule has 0 aliphatic carbocycles. The lowest BCUT2D eigenvalue weighted by Crippen LogP contribution is -2.47. The van der Waals surface area contributed by atoms with Crippen LogP contribution < -0.4 is 5.32 Å². The predicted octanol–water partition coefficient (Wildman–Crippen LogP) is 1.17. The highest BCUT2D eigenvalue weighted by Crippen LogP contribution is 2.15. The predicted molar refractivity (Wildman–Crippen MR) is 77.7 cm³/mol. The minimum atomic E-state index is -0.369. The Kier molecular flexibility index (Phi) is 6.26. The number of hydrogen-bond donors (Lipinski definition) is 1. The molecule has 0 aromatic rings. The van der Waals surface area contributed by atoms with Crippen LogP contribution in [0.15, 0.2) is 0 Å². The van der Waals surface area contributed by atoms with Crippen molar-refractivity contribution < 1.29 is 14.3 Å². The summed E-state index contributed by atoms with van der Waals surface area (Å²) >= 11 is 0. The van der Waals surface area contributed by atoms with E-state index >= 15 is 0 Å². The highest BCUT2D eigenvalue weighted by molar-refractivity contribution is 5.81. The van der Waals surface area contributed by atoms with Crippen molar-refractivity contribution in [3.63, 3.8) is 0 Å². The maximum atomic E-state index is 12.6. The molecule has 2 fully saturated rings. The van der Waals surface area contributed by atoms with E-state index in [4.69, 9.17) is 9.47 Å². The number of ether oxygens (including phenoxy) is 2. The maximum Gasteiger partial charge on any atom is 0.251 e. The summed E-state index contributed by atoms with van der Waals surface area (Å²) in [4.78, 5) is 14.6. The third kappa shape index (κ3) is 4.17. The Morgan fingerprint density at radius 1 is 1.50 bits per heavy atom. The van der Waals surface area contributed by atoms with Crippen LogP contribution in [0.25, 0.3) is 0 Å². The molecule has 116 valence electrons. The average molecular weight is 284 g/mol. The number of carbonyl (C=O) groups excluding carboxylic acids is 1. The van der Waals surface area contributed by atoms with E-state index < -0.39 is 0 Å². The summed E-state index contributed by atoms with van der Waals surface area (Å²) in [5, 5.41) is 3.33. The normalized spacial score (nSPS) is 27.7. The van der Waals surface area contributed by atoms with Crippen molar-refractivity contribution in [2.45, 2.75) is 57.8 Å². The lowest BCUT2D eigenvalue weighted by molar-refractivity contribution is -0.146. The van der Waals surface area contributed by atoms with Crippen molar-refractivity contribution >= 4 is 5.91 Å². The van der Waals surface area contributed by atoms with Crippen LogP contribution in [-0.4, -0.2) is 61.9 Å². The molecule has 5 heteroatoms. The van der Waals surface area contributed by atoms with Gasteiger partial charge in [-0.05, 0) is 39.2 Å². The van der Waals surface area contributed by atoms with Crippen LogP contribution in [0.3, 0.4) is 0 Å². The number of hydrogen-bond acceptors (Lipinski definition) is 4. The van der Waals surface area contributed by atoms with Gasteiger partial charge in [-0.2, -0.15) is 0 Å². The van der Waals surface area contributed by atoms with E-state index in [2.05, 4.69) is 12.2 Å². The molecular weight excluding hydrogens is 256 g/mol. The summed E-state index contributed by atoms with van der Waals surface area (Å²) in [5.41, 5.74) is 0. The summed E-state index contributed by atoms with van der Waals surface area (Å²) in [7, 11) is 0. The van der Waals surface area contributed by atoms with Gasteiger partial charge in [-0.25, -0.2) is 0 Å². The molecule has 2 saturated heterocycles. The van der Waals surface area contributed by atoms with Crippen molar-refractivity contribution in [1.29, 1.82) is 0 Å². The van der Waals surface area contributed by atoms with Gasteiger partial charge in [0.15, 0.2) is 0 Å². The Balaban J connectivity index is 1.81. The van der Waals surface area contributed by atoms with E-state index in [0.29, 0.717) is 12.6 Å². The van der Waals surface area contributed by atoms with Gasteiger partial charge in [0.2, 0.25) is 0 Å². The van der Waals surface area contributed by atoms with Gasteiger partial charge in [0.25, 0.3) is 5.91 Å². The van der Waals surface area contributed by atoms with E-state index in [1.807, 2.05) is 11.8 Å². The topological polar surface area (TPSA) is 50.8 Å². The summed E-state index contributed by atoms with van der Waals surface area (Å²) in [6.45, 7) is 8.07. The van der Waals surface area contributed by atoms with Gasteiger partial charge in [0.05, 0.1) is 12.7 Å². The fourth-order valence-electron chi connectivity index (χ4n) is 2.95. The number of carbonyl (C=O) groups is 1. The van der Waals surface area contributed by atoms with Crippen LogP contribution >= 0.6 is 0 Å². The average Bonchev–Trinajstić information content (AvgIpc) is 3.13. The highest BCUT2D eigenvalue weighted by Gasteiger charge is 2.29. The second-order valence-electron chi connectivity index (χ2n) is 5.79. The number of rotatable bonds is 7. The minimum absolute atomic E-state index is 0.124. The zero-order valence-electron chi connectivity index (χ0n) is 12.8. The van der Waals surface area contributed by atoms with E-state index in [9.17, 15) is 4.79 Å². The Morgan fingerprint density at radius 2 is 2.35 bits per heavy atom. The van der Waals surface area contributed by atoms with E-state index in [1.165, 1.54) is 0 Å². The molecule has 1 N–H and O–H groups in total. The van der Waals surface area contributed by atoms with Gasteiger partial charge in [0.1, 0.15) is 6.10 Å². The molecule has 0 spiro atoms. The molecular formula is C15H28N2O3. The second kappa shape index (κ2) is 7.96. The Morgan fingerprint density at radius 3 is 2.95 bits per heavy atom. The fraction of sp³-hybridized carbons (Fsp3) is 0.933. The molecule has 3 atom stereocenters.